The van der Waals surface area contributed by atoms with E-state index < -0.39 is 0 Å². The summed E-state index contributed by atoms with van der Waals surface area (Å²) in [6.45, 7) is 9.13. The highest BCUT2D eigenvalue weighted by Crippen LogP contribution is 2.11. The van der Waals surface area contributed by atoms with E-state index >= 15 is 0 Å². The molecule has 2 fully saturated rings. The molecule has 122 valence electrons. The molecule has 2 aliphatic heterocycles. The molecule has 6 nitrogen and oxygen atoms in total. The minimum absolute atomic E-state index is 0.0593. The highest BCUT2D eigenvalue weighted by molar-refractivity contribution is 5.81. The van der Waals surface area contributed by atoms with Crippen LogP contribution in [0.25, 0.3) is 0 Å². The lowest BCUT2D eigenvalue weighted by molar-refractivity contribution is -0.127. The van der Waals surface area contributed by atoms with Gasteiger partial charge in [-0.25, -0.2) is 0 Å². The average Bonchev–Trinajstić information content (AvgIpc) is 3.04. The van der Waals surface area contributed by atoms with Gasteiger partial charge in [-0.2, -0.15) is 0 Å². The van der Waals surface area contributed by atoms with Crippen molar-refractivity contribution in [1.82, 2.24) is 15.1 Å². The topological polar surface area (TPSA) is 54.0 Å². The van der Waals surface area contributed by atoms with Crippen LogP contribution in [0.5, 0.6) is 0 Å². The van der Waals surface area contributed by atoms with Crippen LogP contribution in [0.15, 0.2) is 0 Å². The predicted molar refractivity (Wildman–Crippen MR) is 81.3 cm³/mol. The Kier molecular flexibility index (Phi) is 6.89. The maximum Gasteiger partial charge on any atom is 0.237 e. The molecule has 2 rings (SSSR count). The molecule has 0 aromatic heterocycles. The Bertz CT molecular complexity index is 313. The van der Waals surface area contributed by atoms with Crippen molar-refractivity contribution >= 4 is 5.91 Å². The lowest BCUT2D eigenvalue weighted by atomic mass is 10.2. The van der Waals surface area contributed by atoms with Crippen LogP contribution in [-0.4, -0.2) is 87.4 Å². The third kappa shape index (κ3) is 5.21. The second-order valence-electron chi connectivity index (χ2n) is 5.93. The second-order valence-corrected chi connectivity index (χ2v) is 5.93. The summed E-state index contributed by atoms with van der Waals surface area (Å²) in [5, 5.41) is 3.03. The van der Waals surface area contributed by atoms with E-state index in [-0.39, 0.29) is 18.1 Å². The molecule has 0 unspecified atom stereocenters. The second kappa shape index (κ2) is 8.68. The normalized spacial score (nSPS) is 25.9. The van der Waals surface area contributed by atoms with Crippen LogP contribution in [-0.2, 0) is 14.3 Å². The summed E-state index contributed by atoms with van der Waals surface area (Å²) in [5.41, 5.74) is 0. The van der Waals surface area contributed by atoms with E-state index in [0.29, 0.717) is 6.54 Å². The van der Waals surface area contributed by atoms with E-state index in [1.54, 1.807) is 7.11 Å². The molecule has 0 aromatic carbocycles. The number of carbonyl (C=O) groups excluding carboxylic acids is 1. The van der Waals surface area contributed by atoms with Gasteiger partial charge in [0.2, 0.25) is 5.91 Å². The van der Waals surface area contributed by atoms with Gasteiger partial charge in [0.1, 0.15) is 0 Å². The number of nitrogens with one attached hydrogen (secondary N) is 1. The molecule has 0 saturated carbocycles. The van der Waals surface area contributed by atoms with Crippen molar-refractivity contribution in [2.75, 3.05) is 59.6 Å². The highest BCUT2D eigenvalue weighted by atomic mass is 16.5. The van der Waals surface area contributed by atoms with Gasteiger partial charge in [0.05, 0.1) is 18.8 Å². The Morgan fingerprint density at radius 3 is 2.76 bits per heavy atom. The molecule has 2 atom stereocenters. The maximum absolute atomic E-state index is 12.2. The molecule has 2 heterocycles. The minimum Gasteiger partial charge on any atom is -0.383 e. The van der Waals surface area contributed by atoms with Gasteiger partial charge in [-0.1, -0.05) is 0 Å². The van der Waals surface area contributed by atoms with Crippen LogP contribution in [0.3, 0.4) is 0 Å². The lowest BCUT2D eigenvalue weighted by Gasteiger charge is -2.37. The Balaban J connectivity index is 1.65. The summed E-state index contributed by atoms with van der Waals surface area (Å²) >= 11 is 0. The Morgan fingerprint density at radius 2 is 2.14 bits per heavy atom. The molecule has 21 heavy (non-hydrogen) atoms. The monoisotopic (exact) mass is 299 g/mol. The SMILES string of the molecule is COCCN1CCN([C@H](C)C(=O)NC[C@H]2CCCO2)CC1. The Hall–Kier alpha value is -0.690. The number of piperazine rings is 1. The zero-order valence-corrected chi connectivity index (χ0v) is 13.3. The highest BCUT2D eigenvalue weighted by Gasteiger charge is 2.26. The van der Waals surface area contributed by atoms with Crippen molar-refractivity contribution in [3.63, 3.8) is 0 Å². The van der Waals surface area contributed by atoms with E-state index in [1.807, 2.05) is 6.92 Å². The Labute approximate surface area is 127 Å². The van der Waals surface area contributed by atoms with Gasteiger partial charge in [0.25, 0.3) is 0 Å². The molecule has 0 spiro atoms. The summed E-state index contributed by atoms with van der Waals surface area (Å²) in [7, 11) is 1.73. The molecule has 1 N–H and O–H groups in total. The summed E-state index contributed by atoms with van der Waals surface area (Å²) < 4.78 is 10.6. The molecule has 2 aliphatic rings. The predicted octanol–water partition coefficient (Wildman–Crippen LogP) is -0.0659. The van der Waals surface area contributed by atoms with Gasteiger partial charge in [0, 0.05) is 53.0 Å². The molecule has 6 heteroatoms. The lowest BCUT2D eigenvalue weighted by Crippen LogP contribution is -2.54. The number of hydrogen-bond donors (Lipinski definition) is 1. The van der Waals surface area contributed by atoms with Gasteiger partial charge in [-0.15, -0.1) is 0 Å². The fraction of sp³-hybridized carbons (Fsp3) is 0.933. The summed E-state index contributed by atoms with van der Waals surface area (Å²) in [6.07, 6.45) is 2.39. The zero-order chi connectivity index (χ0) is 15.1. The number of nitrogens with zero attached hydrogens (tertiary/aromatic N) is 2. The van der Waals surface area contributed by atoms with Gasteiger partial charge < -0.3 is 14.8 Å². The third-order valence-corrected chi connectivity index (χ3v) is 4.47. The molecule has 0 bridgehead atoms. The first-order valence-electron chi connectivity index (χ1n) is 8.05. The van der Waals surface area contributed by atoms with Gasteiger partial charge in [-0.3, -0.25) is 14.6 Å². The summed E-state index contributed by atoms with van der Waals surface area (Å²) in [4.78, 5) is 16.9. The van der Waals surface area contributed by atoms with Crippen molar-refractivity contribution in [3.05, 3.63) is 0 Å². The Morgan fingerprint density at radius 1 is 1.38 bits per heavy atom. The van der Waals surface area contributed by atoms with Crippen LogP contribution < -0.4 is 5.32 Å². The number of ether oxygens (including phenoxy) is 2. The van der Waals surface area contributed by atoms with Gasteiger partial charge in [-0.05, 0) is 19.8 Å². The quantitative estimate of drug-likeness (QED) is 0.713. The molecular formula is C15H29N3O3. The first-order valence-corrected chi connectivity index (χ1v) is 8.05. The number of amides is 1. The van der Waals surface area contributed by atoms with Crippen molar-refractivity contribution in [2.45, 2.75) is 31.9 Å². The van der Waals surface area contributed by atoms with E-state index in [9.17, 15) is 4.79 Å². The molecule has 0 aromatic rings. The first-order chi connectivity index (χ1) is 10.2. The number of carbonyl (C=O) groups is 1. The molecule has 2 saturated heterocycles. The minimum atomic E-state index is -0.0593. The number of rotatable bonds is 7. The molecule has 1 amide bonds. The van der Waals surface area contributed by atoms with Crippen LogP contribution in [0, 0.1) is 0 Å². The van der Waals surface area contributed by atoms with Crippen molar-refractivity contribution < 1.29 is 14.3 Å². The van der Waals surface area contributed by atoms with E-state index in [1.165, 1.54) is 0 Å². The van der Waals surface area contributed by atoms with Gasteiger partial charge >= 0.3 is 0 Å². The fourth-order valence-electron chi connectivity index (χ4n) is 2.93. The van der Waals surface area contributed by atoms with Crippen LogP contribution in [0.1, 0.15) is 19.8 Å². The number of hydrogen-bond acceptors (Lipinski definition) is 5. The van der Waals surface area contributed by atoms with Crippen molar-refractivity contribution in [3.8, 4) is 0 Å². The number of methoxy groups -OCH3 is 1. The third-order valence-electron chi connectivity index (χ3n) is 4.47. The van der Waals surface area contributed by atoms with E-state index in [4.69, 9.17) is 9.47 Å². The van der Waals surface area contributed by atoms with E-state index in [0.717, 1.165) is 58.8 Å². The van der Waals surface area contributed by atoms with Gasteiger partial charge in [0.15, 0.2) is 0 Å². The van der Waals surface area contributed by atoms with E-state index in [2.05, 4.69) is 15.1 Å². The maximum atomic E-state index is 12.2. The summed E-state index contributed by atoms with van der Waals surface area (Å²) in [6, 6.07) is -0.0593. The average molecular weight is 299 g/mol. The van der Waals surface area contributed by atoms with Crippen LogP contribution in [0.2, 0.25) is 0 Å². The molecule has 0 aliphatic carbocycles. The largest absolute Gasteiger partial charge is 0.383 e. The molecular weight excluding hydrogens is 270 g/mol. The first kappa shape index (κ1) is 16.7. The summed E-state index contributed by atoms with van der Waals surface area (Å²) in [5.74, 6) is 0.121. The fourth-order valence-corrected chi connectivity index (χ4v) is 2.93. The van der Waals surface area contributed by atoms with Crippen LogP contribution in [0.4, 0.5) is 0 Å². The smallest absolute Gasteiger partial charge is 0.237 e. The van der Waals surface area contributed by atoms with Crippen molar-refractivity contribution in [1.29, 1.82) is 0 Å². The van der Waals surface area contributed by atoms with Crippen molar-refractivity contribution in [2.24, 2.45) is 0 Å². The standard InChI is InChI=1S/C15H29N3O3/c1-13(15(19)16-12-14-4-3-10-21-14)18-7-5-17(6-8-18)9-11-20-2/h13-14H,3-12H2,1-2H3,(H,16,19)/t13-,14-/m1/s1. The van der Waals surface area contributed by atoms with Crippen LogP contribution >= 0.6 is 0 Å². The molecule has 0 radical (unpaired) electrons. The zero-order valence-electron chi connectivity index (χ0n) is 13.3.